The van der Waals surface area contributed by atoms with Crippen molar-refractivity contribution < 1.29 is 9.47 Å². The standard InChI is InChI=1S/C18H17ClN2O3S/c1-23-9-10-25-18-20-14-11-12(19)7-8-13(14)17(22)21(18)15-5-3-4-6-16(15)24-2/h3-8,11H,9-10H2,1-2H3. The van der Waals surface area contributed by atoms with Gasteiger partial charge in [-0.3, -0.25) is 9.36 Å². The Morgan fingerprint density at radius 2 is 2.00 bits per heavy atom. The second-order valence-electron chi connectivity index (χ2n) is 5.21. The molecular weight excluding hydrogens is 360 g/mol. The Labute approximate surface area is 154 Å². The van der Waals surface area contributed by atoms with E-state index in [9.17, 15) is 4.79 Å². The quantitative estimate of drug-likeness (QED) is 0.372. The second kappa shape index (κ2) is 7.91. The summed E-state index contributed by atoms with van der Waals surface area (Å²) in [5.74, 6) is 1.28. The van der Waals surface area contributed by atoms with Crippen LogP contribution in [0.3, 0.4) is 0 Å². The first-order chi connectivity index (χ1) is 12.2. The fourth-order valence-corrected chi connectivity index (χ4v) is 3.55. The topological polar surface area (TPSA) is 53.3 Å². The summed E-state index contributed by atoms with van der Waals surface area (Å²) in [6.45, 7) is 0.556. The number of hydrogen-bond donors (Lipinski definition) is 0. The second-order valence-corrected chi connectivity index (χ2v) is 6.71. The molecule has 3 aromatic rings. The van der Waals surface area contributed by atoms with Crippen LogP contribution in [-0.2, 0) is 4.74 Å². The van der Waals surface area contributed by atoms with Crippen LogP contribution in [0.15, 0.2) is 52.4 Å². The normalized spacial score (nSPS) is 11.0. The van der Waals surface area contributed by atoms with Gasteiger partial charge in [-0.15, -0.1) is 0 Å². The van der Waals surface area contributed by atoms with Crippen LogP contribution in [0.5, 0.6) is 5.75 Å². The van der Waals surface area contributed by atoms with E-state index >= 15 is 0 Å². The van der Waals surface area contributed by atoms with Crippen molar-refractivity contribution in [3.63, 3.8) is 0 Å². The van der Waals surface area contributed by atoms with Crippen LogP contribution in [0, 0.1) is 0 Å². The molecule has 1 aromatic heterocycles. The lowest BCUT2D eigenvalue weighted by molar-refractivity contribution is 0.218. The molecule has 0 radical (unpaired) electrons. The van der Waals surface area contributed by atoms with E-state index in [1.807, 2.05) is 24.3 Å². The Bertz CT molecular complexity index is 959. The molecule has 0 bridgehead atoms. The lowest BCUT2D eigenvalue weighted by Crippen LogP contribution is -2.22. The average Bonchev–Trinajstić information content (AvgIpc) is 2.62. The van der Waals surface area contributed by atoms with Gasteiger partial charge in [0.1, 0.15) is 5.75 Å². The fourth-order valence-electron chi connectivity index (χ4n) is 2.48. The Kier molecular flexibility index (Phi) is 5.63. The molecule has 25 heavy (non-hydrogen) atoms. The van der Waals surface area contributed by atoms with Gasteiger partial charge in [0.05, 0.1) is 30.3 Å². The minimum absolute atomic E-state index is 0.161. The highest BCUT2D eigenvalue weighted by Crippen LogP contribution is 2.27. The molecular formula is C18H17ClN2O3S. The third-order valence-electron chi connectivity index (χ3n) is 3.65. The lowest BCUT2D eigenvalue weighted by Gasteiger charge is -2.15. The van der Waals surface area contributed by atoms with Gasteiger partial charge in [-0.25, -0.2) is 4.98 Å². The maximum Gasteiger partial charge on any atom is 0.266 e. The van der Waals surface area contributed by atoms with E-state index in [2.05, 4.69) is 4.98 Å². The Hall–Kier alpha value is -2.02. The van der Waals surface area contributed by atoms with Crippen molar-refractivity contribution in [2.24, 2.45) is 0 Å². The summed E-state index contributed by atoms with van der Waals surface area (Å²) in [5, 5.41) is 1.62. The van der Waals surface area contributed by atoms with Crippen molar-refractivity contribution in [3.05, 3.63) is 57.8 Å². The fraction of sp³-hybridized carbons (Fsp3) is 0.222. The molecule has 0 saturated carbocycles. The van der Waals surface area contributed by atoms with E-state index in [4.69, 9.17) is 21.1 Å². The van der Waals surface area contributed by atoms with Gasteiger partial charge >= 0.3 is 0 Å². The lowest BCUT2D eigenvalue weighted by atomic mass is 10.2. The van der Waals surface area contributed by atoms with Crippen molar-refractivity contribution >= 4 is 34.3 Å². The van der Waals surface area contributed by atoms with Gasteiger partial charge in [-0.05, 0) is 30.3 Å². The zero-order valence-electron chi connectivity index (χ0n) is 13.9. The number of hydrogen-bond acceptors (Lipinski definition) is 5. The van der Waals surface area contributed by atoms with E-state index in [0.717, 1.165) is 0 Å². The highest BCUT2D eigenvalue weighted by molar-refractivity contribution is 7.99. The van der Waals surface area contributed by atoms with E-state index in [1.54, 1.807) is 37.0 Å². The summed E-state index contributed by atoms with van der Waals surface area (Å²) in [5.41, 5.74) is 1.06. The van der Waals surface area contributed by atoms with E-state index in [-0.39, 0.29) is 5.56 Å². The number of para-hydroxylation sites is 2. The molecule has 5 nitrogen and oxygen atoms in total. The third-order valence-corrected chi connectivity index (χ3v) is 4.78. The maximum atomic E-state index is 13.1. The van der Waals surface area contributed by atoms with Crippen molar-refractivity contribution in [1.82, 2.24) is 9.55 Å². The van der Waals surface area contributed by atoms with Crippen molar-refractivity contribution in [1.29, 1.82) is 0 Å². The maximum absolute atomic E-state index is 13.1. The van der Waals surface area contributed by atoms with Crippen LogP contribution in [-0.4, -0.2) is 36.1 Å². The minimum Gasteiger partial charge on any atom is -0.495 e. The molecule has 0 fully saturated rings. The Balaban J connectivity index is 2.27. The highest BCUT2D eigenvalue weighted by atomic mass is 35.5. The van der Waals surface area contributed by atoms with Crippen LogP contribution in [0.4, 0.5) is 0 Å². The smallest absolute Gasteiger partial charge is 0.266 e. The van der Waals surface area contributed by atoms with Crippen LogP contribution in [0.2, 0.25) is 5.02 Å². The summed E-state index contributed by atoms with van der Waals surface area (Å²) in [6, 6.07) is 12.5. The van der Waals surface area contributed by atoms with Gasteiger partial charge in [0, 0.05) is 17.9 Å². The summed E-state index contributed by atoms with van der Waals surface area (Å²) < 4.78 is 12.1. The van der Waals surface area contributed by atoms with E-state index in [1.165, 1.54) is 11.8 Å². The molecule has 130 valence electrons. The van der Waals surface area contributed by atoms with Crippen molar-refractivity contribution in [2.75, 3.05) is 26.6 Å². The van der Waals surface area contributed by atoms with Crippen molar-refractivity contribution in [3.8, 4) is 11.4 Å². The average molecular weight is 377 g/mol. The Morgan fingerprint density at radius 1 is 1.20 bits per heavy atom. The zero-order valence-corrected chi connectivity index (χ0v) is 15.4. The monoisotopic (exact) mass is 376 g/mol. The van der Waals surface area contributed by atoms with Gasteiger partial charge in [-0.1, -0.05) is 35.5 Å². The third kappa shape index (κ3) is 3.66. The molecule has 0 aliphatic rings. The predicted molar refractivity (Wildman–Crippen MR) is 102 cm³/mol. The molecule has 0 unspecified atom stereocenters. The number of ether oxygens (including phenoxy) is 2. The number of halogens is 1. The van der Waals surface area contributed by atoms with E-state index < -0.39 is 0 Å². The van der Waals surface area contributed by atoms with E-state index in [0.29, 0.717) is 44.9 Å². The molecule has 2 aromatic carbocycles. The SMILES string of the molecule is COCCSc1nc2cc(Cl)ccc2c(=O)n1-c1ccccc1OC. The number of fused-ring (bicyclic) bond motifs is 1. The van der Waals surface area contributed by atoms with Gasteiger partial charge in [0.25, 0.3) is 5.56 Å². The number of methoxy groups -OCH3 is 2. The molecule has 0 amide bonds. The van der Waals surface area contributed by atoms with Crippen molar-refractivity contribution in [2.45, 2.75) is 5.16 Å². The molecule has 0 saturated heterocycles. The zero-order chi connectivity index (χ0) is 17.8. The van der Waals surface area contributed by atoms with Crippen LogP contribution >= 0.6 is 23.4 Å². The molecule has 0 N–H and O–H groups in total. The van der Waals surface area contributed by atoms with Gasteiger partial charge in [0.2, 0.25) is 0 Å². The first kappa shape index (κ1) is 17.8. The molecule has 1 heterocycles. The molecule has 0 aliphatic heterocycles. The molecule has 0 aliphatic carbocycles. The number of benzene rings is 2. The highest BCUT2D eigenvalue weighted by Gasteiger charge is 2.16. The minimum atomic E-state index is -0.161. The first-order valence-corrected chi connectivity index (χ1v) is 8.99. The summed E-state index contributed by atoms with van der Waals surface area (Å²) >= 11 is 7.51. The largest absolute Gasteiger partial charge is 0.495 e. The van der Waals surface area contributed by atoms with Gasteiger partial charge in [-0.2, -0.15) is 0 Å². The summed E-state index contributed by atoms with van der Waals surface area (Å²) in [4.78, 5) is 17.8. The number of nitrogens with zero attached hydrogens (tertiary/aromatic N) is 2. The van der Waals surface area contributed by atoms with Crippen LogP contribution in [0.1, 0.15) is 0 Å². The summed E-state index contributed by atoms with van der Waals surface area (Å²) in [7, 11) is 3.22. The molecule has 0 atom stereocenters. The molecule has 7 heteroatoms. The number of aromatic nitrogens is 2. The van der Waals surface area contributed by atoms with Gasteiger partial charge in [0.15, 0.2) is 5.16 Å². The number of thioether (sulfide) groups is 1. The first-order valence-electron chi connectivity index (χ1n) is 7.63. The summed E-state index contributed by atoms with van der Waals surface area (Å²) in [6.07, 6.45) is 0. The number of rotatable bonds is 6. The van der Waals surface area contributed by atoms with Crippen LogP contribution in [0.25, 0.3) is 16.6 Å². The molecule has 0 spiro atoms. The predicted octanol–water partition coefficient (Wildman–Crippen LogP) is 3.79. The molecule has 3 rings (SSSR count). The van der Waals surface area contributed by atoms with Crippen LogP contribution < -0.4 is 10.3 Å². The van der Waals surface area contributed by atoms with Gasteiger partial charge < -0.3 is 9.47 Å². The Morgan fingerprint density at radius 3 is 2.76 bits per heavy atom.